The van der Waals surface area contributed by atoms with Gasteiger partial charge in [-0.1, -0.05) is 6.07 Å². The summed E-state index contributed by atoms with van der Waals surface area (Å²) >= 11 is 0. The molecule has 0 unspecified atom stereocenters. The van der Waals surface area contributed by atoms with Crippen LogP contribution in [0.5, 0.6) is 0 Å². The third-order valence-corrected chi connectivity index (χ3v) is 3.40. The first-order valence-corrected chi connectivity index (χ1v) is 7.67. The zero-order valence-electron chi connectivity index (χ0n) is 14.1. The Bertz CT molecular complexity index is 704. The van der Waals surface area contributed by atoms with Crippen molar-refractivity contribution in [3.05, 3.63) is 35.8 Å². The van der Waals surface area contributed by atoms with Gasteiger partial charge in [0, 0.05) is 32.5 Å². The maximum Gasteiger partial charge on any atom is 0.241 e. The van der Waals surface area contributed by atoms with Gasteiger partial charge in [-0.15, -0.1) is 0 Å². The minimum absolute atomic E-state index is 0.000965. The molecule has 2 rings (SSSR count). The molecular formula is C16H24N6O. The van der Waals surface area contributed by atoms with Crippen molar-refractivity contribution >= 4 is 17.5 Å². The van der Waals surface area contributed by atoms with Crippen LogP contribution in [0, 0.1) is 6.92 Å². The number of nitrogens with one attached hydrogen (secondary N) is 2. The van der Waals surface area contributed by atoms with E-state index in [1.165, 1.54) is 0 Å². The van der Waals surface area contributed by atoms with Crippen molar-refractivity contribution in [2.45, 2.75) is 20.4 Å². The number of imidazole rings is 1. The number of hydrogen-bond acceptors (Lipinski definition) is 3. The fourth-order valence-electron chi connectivity index (χ4n) is 2.09. The van der Waals surface area contributed by atoms with Crippen LogP contribution in [-0.4, -0.2) is 53.3 Å². The van der Waals surface area contributed by atoms with E-state index >= 15 is 0 Å². The van der Waals surface area contributed by atoms with Crippen LogP contribution in [0.25, 0.3) is 5.65 Å². The van der Waals surface area contributed by atoms with E-state index < -0.39 is 0 Å². The molecule has 7 nitrogen and oxygen atoms in total. The quantitative estimate of drug-likeness (QED) is 0.632. The summed E-state index contributed by atoms with van der Waals surface area (Å²) in [6, 6.07) is 6.00. The highest BCUT2D eigenvalue weighted by atomic mass is 16.2. The molecule has 1 amide bonds. The summed E-state index contributed by atoms with van der Waals surface area (Å²) in [6.45, 7) is 5.42. The van der Waals surface area contributed by atoms with E-state index in [1.54, 1.807) is 19.0 Å². The molecule has 0 radical (unpaired) electrons. The van der Waals surface area contributed by atoms with Gasteiger partial charge in [-0.3, -0.25) is 4.79 Å². The number of pyridine rings is 1. The second kappa shape index (κ2) is 7.62. The number of carbonyl (C=O) groups excluding carboxylic acids is 1. The first-order valence-electron chi connectivity index (χ1n) is 7.67. The van der Waals surface area contributed by atoms with Gasteiger partial charge in [0.25, 0.3) is 0 Å². The number of likely N-dealkylation sites (N-methyl/N-ethyl adjacent to an activating group) is 1. The third kappa shape index (κ3) is 4.45. The predicted octanol–water partition coefficient (Wildman–Crippen LogP) is 0.786. The summed E-state index contributed by atoms with van der Waals surface area (Å²) < 4.78 is 2.04. The molecular weight excluding hydrogens is 292 g/mol. The summed E-state index contributed by atoms with van der Waals surface area (Å²) in [5.74, 6) is 0.607. The lowest BCUT2D eigenvalue weighted by atomic mass is 10.4. The Kier molecular flexibility index (Phi) is 5.56. The smallest absolute Gasteiger partial charge is 0.241 e. The average Bonchev–Trinajstić information content (AvgIpc) is 2.94. The minimum Gasteiger partial charge on any atom is -0.357 e. The van der Waals surface area contributed by atoms with Gasteiger partial charge in [-0.2, -0.15) is 0 Å². The van der Waals surface area contributed by atoms with Crippen molar-refractivity contribution in [1.82, 2.24) is 24.9 Å². The van der Waals surface area contributed by atoms with Gasteiger partial charge in [0.1, 0.15) is 5.65 Å². The topological polar surface area (TPSA) is 74.0 Å². The molecule has 0 aliphatic rings. The summed E-state index contributed by atoms with van der Waals surface area (Å²) in [6.07, 6.45) is 1.99. The minimum atomic E-state index is -0.000965. The van der Waals surface area contributed by atoms with Gasteiger partial charge >= 0.3 is 0 Å². The molecule has 23 heavy (non-hydrogen) atoms. The van der Waals surface area contributed by atoms with Crippen molar-refractivity contribution in [2.75, 3.05) is 27.2 Å². The number of aryl methyl sites for hydroxylation is 1. The molecule has 2 aromatic rings. The Morgan fingerprint density at radius 1 is 1.35 bits per heavy atom. The van der Waals surface area contributed by atoms with Crippen LogP contribution in [0.1, 0.15) is 18.3 Å². The number of hydrogen-bond donors (Lipinski definition) is 2. The van der Waals surface area contributed by atoms with E-state index in [9.17, 15) is 4.79 Å². The van der Waals surface area contributed by atoms with Gasteiger partial charge < -0.3 is 19.9 Å². The SMILES string of the molecule is CCNC(=NCc1cn2c(C)cccc2n1)NCC(=O)N(C)C. The molecule has 2 heterocycles. The van der Waals surface area contributed by atoms with Crippen LogP contribution >= 0.6 is 0 Å². The van der Waals surface area contributed by atoms with E-state index in [-0.39, 0.29) is 12.5 Å². The van der Waals surface area contributed by atoms with E-state index in [4.69, 9.17) is 0 Å². The van der Waals surface area contributed by atoms with Gasteiger partial charge in [-0.25, -0.2) is 9.98 Å². The Hall–Kier alpha value is -2.57. The number of fused-ring (bicyclic) bond motifs is 1. The van der Waals surface area contributed by atoms with Crippen molar-refractivity contribution in [2.24, 2.45) is 4.99 Å². The second-order valence-corrected chi connectivity index (χ2v) is 5.46. The van der Waals surface area contributed by atoms with Gasteiger partial charge in [0.15, 0.2) is 5.96 Å². The second-order valence-electron chi connectivity index (χ2n) is 5.46. The number of guanidine groups is 1. The highest BCUT2D eigenvalue weighted by molar-refractivity contribution is 5.86. The molecule has 124 valence electrons. The molecule has 2 aromatic heterocycles. The highest BCUT2D eigenvalue weighted by Crippen LogP contribution is 2.09. The highest BCUT2D eigenvalue weighted by Gasteiger charge is 2.06. The Balaban J connectivity index is 2.06. The summed E-state index contributed by atoms with van der Waals surface area (Å²) in [5.41, 5.74) is 2.93. The predicted molar refractivity (Wildman–Crippen MR) is 91.4 cm³/mol. The number of rotatable bonds is 5. The Labute approximate surface area is 136 Å². The maximum absolute atomic E-state index is 11.6. The van der Waals surface area contributed by atoms with Crippen LogP contribution in [0.3, 0.4) is 0 Å². The lowest BCUT2D eigenvalue weighted by Gasteiger charge is -2.13. The average molecular weight is 316 g/mol. The molecule has 0 spiro atoms. The third-order valence-electron chi connectivity index (χ3n) is 3.40. The van der Waals surface area contributed by atoms with Gasteiger partial charge in [-0.05, 0) is 26.0 Å². The fraction of sp³-hybridized carbons (Fsp3) is 0.438. The number of carbonyl (C=O) groups is 1. The van der Waals surface area contributed by atoms with Crippen molar-refractivity contribution in [1.29, 1.82) is 0 Å². The van der Waals surface area contributed by atoms with Crippen molar-refractivity contribution in [3.8, 4) is 0 Å². The molecule has 0 atom stereocenters. The van der Waals surface area contributed by atoms with Crippen LogP contribution in [0.2, 0.25) is 0 Å². The lowest BCUT2D eigenvalue weighted by molar-refractivity contribution is -0.127. The van der Waals surface area contributed by atoms with Crippen LogP contribution in [0.4, 0.5) is 0 Å². The molecule has 7 heteroatoms. The van der Waals surface area contributed by atoms with Crippen molar-refractivity contribution in [3.63, 3.8) is 0 Å². The number of aliphatic imine (C=N–C) groups is 1. The molecule has 0 aromatic carbocycles. The number of amides is 1. The zero-order chi connectivity index (χ0) is 16.8. The maximum atomic E-state index is 11.6. The zero-order valence-corrected chi connectivity index (χ0v) is 14.1. The molecule has 0 aliphatic heterocycles. The van der Waals surface area contributed by atoms with E-state index in [0.717, 1.165) is 23.6 Å². The van der Waals surface area contributed by atoms with Crippen molar-refractivity contribution < 1.29 is 4.79 Å². The first-order chi connectivity index (χ1) is 11.0. The Morgan fingerprint density at radius 2 is 2.13 bits per heavy atom. The Morgan fingerprint density at radius 3 is 2.78 bits per heavy atom. The van der Waals surface area contributed by atoms with E-state index in [2.05, 4.69) is 20.6 Å². The van der Waals surface area contributed by atoms with Gasteiger partial charge in [0.05, 0.1) is 18.8 Å². The number of aromatic nitrogens is 2. The lowest BCUT2D eigenvalue weighted by Crippen LogP contribution is -2.42. The number of nitrogens with zero attached hydrogens (tertiary/aromatic N) is 4. The monoisotopic (exact) mass is 316 g/mol. The molecule has 2 N–H and O–H groups in total. The normalized spacial score (nSPS) is 11.6. The first kappa shape index (κ1) is 16.8. The fourth-order valence-corrected chi connectivity index (χ4v) is 2.09. The summed E-state index contributed by atoms with van der Waals surface area (Å²) in [7, 11) is 3.46. The van der Waals surface area contributed by atoms with Crippen LogP contribution in [0.15, 0.2) is 29.4 Å². The van der Waals surface area contributed by atoms with Crippen LogP contribution in [-0.2, 0) is 11.3 Å². The molecule has 0 fully saturated rings. The summed E-state index contributed by atoms with van der Waals surface area (Å²) in [5, 5.41) is 6.16. The summed E-state index contributed by atoms with van der Waals surface area (Å²) in [4.78, 5) is 22.2. The largest absolute Gasteiger partial charge is 0.357 e. The molecule has 0 aliphatic carbocycles. The molecule has 0 saturated carbocycles. The molecule has 0 saturated heterocycles. The van der Waals surface area contributed by atoms with E-state index in [1.807, 2.05) is 42.6 Å². The van der Waals surface area contributed by atoms with Gasteiger partial charge in [0.2, 0.25) is 5.91 Å². The standard InChI is InChI=1S/C16H24N6O/c1-5-17-16(19-10-15(23)21(3)4)18-9-13-11-22-12(2)7-6-8-14(22)20-13/h6-8,11H,5,9-10H2,1-4H3,(H2,17,18,19). The van der Waals surface area contributed by atoms with Crippen LogP contribution < -0.4 is 10.6 Å². The molecule has 0 bridgehead atoms. The van der Waals surface area contributed by atoms with E-state index in [0.29, 0.717) is 12.5 Å².